The van der Waals surface area contributed by atoms with E-state index in [0.717, 1.165) is 17.8 Å². The van der Waals surface area contributed by atoms with Gasteiger partial charge < -0.3 is 16.0 Å². The predicted molar refractivity (Wildman–Crippen MR) is 115 cm³/mol. The van der Waals surface area contributed by atoms with Crippen molar-refractivity contribution in [3.63, 3.8) is 0 Å². The van der Waals surface area contributed by atoms with Crippen LogP contribution < -0.4 is 16.0 Å². The van der Waals surface area contributed by atoms with Crippen molar-refractivity contribution < 1.29 is 17.6 Å². The topological polar surface area (TPSA) is 74.2 Å². The Kier molecular flexibility index (Phi) is 10.1. The summed E-state index contributed by atoms with van der Waals surface area (Å²) in [6.07, 6.45) is -3.46. The number of rotatable bonds is 7. The second kappa shape index (κ2) is 11.7. The molecule has 160 valence electrons. The van der Waals surface area contributed by atoms with Crippen LogP contribution in [0.15, 0.2) is 35.5 Å². The third-order valence-corrected chi connectivity index (χ3v) is 3.65. The van der Waals surface area contributed by atoms with Gasteiger partial charge in [0.05, 0.1) is 6.54 Å². The predicted octanol–water partition coefficient (Wildman–Crippen LogP) is 3.73. The van der Waals surface area contributed by atoms with Gasteiger partial charge in [-0.05, 0) is 37.1 Å². The van der Waals surface area contributed by atoms with Crippen LogP contribution in [-0.2, 0) is 12.7 Å². The summed E-state index contributed by atoms with van der Waals surface area (Å²) in [4.78, 5) is 11.6. The highest BCUT2D eigenvalue weighted by atomic mass is 127. The van der Waals surface area contributed by atoms with Crippen molar-refractivity contribution in [1.82, 2.24) is 20.6 Å². The Labute approximate surface area is 183 Å². The van der Waals surface area contributed by atoms with E-state index in [0.29, 0.717) is 24.6 Å². The molecule has 0 aliphatic heterocycles. The molecule has 1 aromatic heterocycles. The number of nitrogens with one attached hydrogen (secondary N) is 3. The Hall–Kier alpha value is -2.18. The molecule has 0 spiro atoms. The smallest absolute Gasteiger partial charge is 0.357 e. The molecule has 11 heteroatoms. The normalized spacial score (nSPS) is 11.6. The van der Waals surface area contributed by atoms with E-state index < -0.39 is 11.9 Å². The van der Waals surface area contributed by atoms with Crippen molar-refractivity contribution in [3.8, 4) is 0 Å². The van der Waals surface area contributed by atoms with Crippen molar-refractivity contribution >= 4 is 35.9 Å². The number of hydrogen-bond acceptors (Lipinski definition) is 4. The lowest BCUT2D eigenvalue weighted by Crippen LogP contribution is -2.39. The van der Waals surface area contributed by atoms with Gasteiger partial charge in [0, 0.05) is 25.8 Å². The SMILES string of the molecule is CCNC(=NCc1ccc(C)c(F)c1)NCCNc1nccc(C(F)(F)F)n1.I. The Morgan fingerprint density at radius 3 is 2.55 bits per heavy atom. The van der Waals surface area contributed by atoms with Gasteiger partial charge in [-0.1, -0.05) is 12.1 Å². The van der Waals surface area contributed by atoms with E-state index in [1.165, 1.54) is 6.07 Å². The van der Waals surface area contributed by atoms with Gasteiger partial charge in [-0.15, -0.1) is 24.0 Å². The molecule has 2 rings (SSSR count). The van der Waals surface area contributed by atoms with Gasteiger partial charge in [0.15, 0.2) is 5.96 Å². The first kappa shape index (κ1) is 24.9. The molecular formula is C18H23F4IN6. The number of alkyl halides is 3. The van der Waals surface area contributed by atoms with Gasteiger partial charge in [0.25, 0.3) is 0 Å². The summed E-state index contributed by atoms with van der Waals surface area (Å²) in [5, 5.41) is 8.81. The zero-order chi connectivity index (χ0) is 20.6. The molecule has 0 atom stereocenters. The van der Waals surface area contributed by atoms with Crippen LogP contribution in [0.3, 0.4) is 0 Å². The van der Waals surface area contributed by atoms with Crippen LogP contribution in [0.1, 0.15) is 23.7 Å². The van der Waals surface area contributed by atoms with Gasteiger partial charge in [-0.3, -0.25) is 0 Å². The lowest BCUT2D eigenvalue weighted by Gasteiger charge is -2.12. The first-order valence-corrected chi connectivity index (χ1v) is 8.71. The quantitative estimate of drug-likeness (QED) is 0.169. The van der Waals surface area contributed by atoms with Crippen LogP contribution >= 0.6 is 24.0 Å². The van der Waals surface area contributed by atoms with E-state index in [-0.39, 0.29) is 48.8 Å². The number of hydrogen-bond donors (Lipinski definition) is 3. The standard InChI is InChI=1S/C18H22F4N6.HI/c1-3-23-16(27-11-13-5-4-12(2)14(19)10-13)25-8-9-26-17-24-7-6-15(28-17)18(20,21)22;/h4-7,10H,3,8-9,11H2,1-2H3,(H2,23,25,27)(H,24,26,28);1H. The summed E-state index contributed by atoms with van der Waals surface area (Å²) in [7, 11) is 0. The minimum atomic E-state index is -4.52. The summed E-state index contributed by atoms with van der Waals surface area (Å²) in [6, 6.07) is 5.75. The second-order valence-electron chi connectivity index (χ2n) is 5.90. The molecule has 0 fully saturated rings. The molecule has 29 heavy (non-hydrogen) atoms. The van der Waals surface area contributed by atoms with E-state index >= 15 is 0 Å². The van der Waals surface area contributed by atoms with Crippen LogP contribution in [0.5, 0.6) is 0 Å². The molecule has 0 bridgehead atoms. The summed E-state index contributed by atoms with van der Waals surface area (Å²) >= 11 is 0. The molecule has 0 aliphatic rings. The van der Waals surface area contributed by atoms with E-state index in [1.54, 1.807) is 19.1 Å². The average molecular weight is 526 g/mol. The molecule has 0 unspecified atom stereocenters. The Morgan fingerprint density at radius 1 is 1.14 bits per heavy atom. The fourth-order valence-corrected chi connectivity index (χ4v) is 2.20. The van der Waals surface area contributed by atoms with Crippen LogP contribution in [-0.4, -0.2) is 35.6 Å². The van der Waals surface area contributed by atoms with Crippen LogP contribution in [0.25, 0.3) is 0 Å². The number of nitrogens with zero attached hydrogens (tertiary/aromatic N) is 3. The number of halogens is 5. The van der Waals surface area contributed by atoms with Gasteiger partial charge in [0.1, 0.15) is 11.5 Å². The molecule has 6 nitrogen and oxygen atoms in total. The van der Waals surface area contributed by atoms with Crippen molar-refractivity contribution in [2.45, 2.75) is 26.6 Å². The minimum Gasteiger partial charge on any atom is -0.357 e. The van der Waals surface area contributed by atoms with Crippen molar-refractivity contribution in [1.29, 1.82) is 0 Å². The molecule has 1 aromatic carbocycles. The zero-order valence-corrected chi connectivity index (χ0v) is 18.3. The van der Waals surface area contributed by atoms with Crippen LogP contribution in [0.2, 0.25) is 0 Å². The van der Waals surface area contributed by atoms with Crippen molar-refractivity contribution in [3.05, 3.63) is 53.1 Å². The Morgan fingerprint density at radius 2 is 1.90 bits per heavy atom. The third kappa shape index (κ3) is 8.38. The fourth-order valence-electron chi connectivity index (χ4n) is 2.20. The fraction of sp³-hybridized carbons (Fsp3) is 0.389. The maximum atomic E-state index is 13.6. The summed E-state index contributed by atoms with van der Waals surface area (Å²) < 4.78 is 51.5. The molecule has 0 radical (unpaired) electrons. The highest BCUT2D eigenvalue weighted by molar-refractivity contribution is 14.0. The minimum absolute atomic E-state index is 0. The highest BCUT2D eigenvalue weighted by Gasteiger charge is 2.32. The Bertz CT molecular complexity index is 813. The molecule has 1 heterocycles. The van der Waals surface area contributed by atoms with Crippen molar-refractivity contribution in [2.24, 2.45) is 4.99 Å². The summed E-state index contributed by atoms with van der Waals surface area (Å²) in [6.45, 7) is 5.15. The number of anilines is 1. The van der Waals surface area contributed by atoms with E-state index in [9.17, 15) is 17.6 Å². The lowest BCUT2D eigenvalue weighted by molar-refractivity contribution is -0.141. The molecule has 0 saturated heterocycles. The van der Waals surface area contributed by atoms with Gasteiger partial charge in [0.2, 0.25) is 5.95 Å². The van der Waals surface area contributed by atoms with Gasteiger partial charge in [-0.25, -0.2) is 19.4 Å². The summed E-state index contributed by atoms with van der Waals surface area (Å²) in [5.41, 5.74) is 0.301. The van der Waals surface area contributed by atoms with E-state index in [2.05, 4.69) is 30.9 Å². The number of guanidine groups is 1. The molecule has 2 aromatic rings. The monoisotopic (exact) mass is 526 g/mol. The maximum absolute atomic E-state index is 13.6. The van der Waals surface area contributed by atoms with Crippen molar-refractivity contribution in [2.75, 3.05) is 25.0 Å². The van der Waals surface area contributed by atoms with E-state index in [4.69, 9.17) is 0 Å². The maximum Gasteiger partial charge on any atom is 0.433 e. The molecule has 3 N–H and O–H groups in total. The molecule has 0 aliphatic carbocycles. The lowest BCUT2D eigenvalue weighted by atomic mass is 10.1. The first-order valence-electron chi connectivity index (χ1n) is 8.71. The number of aryl methyl sites for hydroxylation is 1. The van der Waals surface area contributed by atoms with Gasteiger partial charge in [-0.2, -0.15) is 13.2 Å². The largest absolute Gasteiger partial charge is 0.433 e. The molecular weight excluding hydrogens is 503 g/mol. The number of benzene rings is 1. The van der Waals surface area contributed by atoms with E-state index in [1.807, 2.05) is 6.92 Å². The third-order valence-electron chi connectivity index (χ3n) is 3.65. The van der Waals surface area contributed by atoms with Crippen LogP contribution in [0, 0.1) is 12.7 Å². The number of aromatic nitrogens is 2. The molecule has 0 amide bonds. The van der Waals surface area contributed by atoms with Gasteiger partial charge >= 0.3 is 6.18 Å². The number of aliphatic imine (C=N–C) groups is 1. The van der Waals surface area contributed by atoms with Crippen LogP contribution in [0.4, 0.5) is 23.5 Å². The first-order chi connectivity index (χ1) is 13.3. The average Bonchev–Trinajstić information content (AvgIpc) is 2.65. The zero-order valence-electron chi connectivity index (χ0n) is 16.0. The second-order valence-corrected chi connectivity index (χ2v) is 5.90. The Balaban J connectivity index is 0.00000420. The molecule has 0 saturated carbocycles. The highest BCUT2D eigenvalue weighted by Crippen LogP contribution is 2.27. The summed E-state index contributed by atoms with van der Waals surface area (Å²) in [5.74, 6) is 0.125.